The number of ether oxygens (including phenoxy) is 2. The van der Waals surface area contributed by atoms with Crippen LogP contribution < -0.4 is 14.2 Å². The minimum atomic E-state index is -3.59. The van der Waals surface area contributed by atoms with Gasteiger partial charge in [0.2, 0.25) is 15.9 Å². The minimum Gasteiger partial charge on any atom is -0.496 e. The maximum absolute atomic E-state index is 12.2. The molecule has 33 heavy (non-hydrogen) atoms. The SMILES string of the molecule is COc1ccccc1-c1nnc2ccc(OCCNS(=O)(=O)/C=C/c3ccc(C)cc3)nn12. The molecule has 0 amide bonds. The Balaban J connectivity index is 1.39. The average molecular weight is 466 g/mol. The molecule has 0 atom stereocenters. The normalized spacial score (nSPS) is 11.8. The van der Waals surface area contributed by atoms with Gasteiger partial charge in [-0.15, -0.1) is 15.3 Å². The van der Waals surface area contributed by atoms with Crippen LogP contribution in [-0.4, -0.2) is 48.5 Å². The van der Waals surface area contributed by atoms with Crippen LogP contribution in [0, 0.1) is 6.92 Å². The van der Waals surface area contributed by atoms with Crippen LogP contribution in [0.5, 0.6) is 11.6 Å². The standard InChI is InChI=1S/C23H23N5O4S/c1-17-7-9-18(10-8-17)13-16-33(29,30)24-14-15-32-22-12-11-21-25-26-23(28(21)27-22)19-5-3-4-6-20(19)31-2/h3-13,16,24H,14-15H2,1-2H3/b16-13+. The van der Waals surface area contributed by atoms with Crippen LogP contribution in [0.2, 0.25) is 0 Å². The molecular formula is C23H23N5O4S. The molecule has 1 N–H and O–H groups in total. The predicted molar refractivity (Wildman–Crippen MR) is 125 cm³/mol. The van der Waals surface area contributed by atoms with Gasteiger partial charge in [-0.05, 0) is 36.8 Å². The van der Waals surface area contributed by atoms with Crippen molar-refractivity contribution in [2.45, 2.75) is 6.92 Å². The van der Waals surface area contributed by atoms with Crippen molar-refractivity contribution in [2.24, 2.45) is 0 Å². The van der Waals surface area contributed by atoms with Gasteiger partial charge < -0.3 is 9.47 Å². The van der Waals surface area contributed by atoms with Gasteiger partial charge >= 0.3 is 0 Å². The van der Waals surface area contributed by atoms with Gasteiger partial charge in [-0.2, -0.15) is 4.52 Å². The number of benzene rings is 2. The molecule has 0 spiro atoms. The summed E-state index contributed by atoms with van der Waals surface area (Å²) in [5.41, 5.74) is 3.20. The monoisotopic (exact) mass is 465 g/mol. The van der Waals surface area contributed by atoms with Gasteiger partial charge in [-0.1, -0.05) is 42.0 Å². The highest BCUT2D eigenvalue weighted by Gasteiger charge is 2.14. The largest absolute Gasteiger partial charge is 0.496 e. The maximum Gasteiger partial charge on any atom is 0.233 e. The molecule has 0 aliphatic rings. The lowest BCUT2D eigenvalue weighted by molar-refractivity contribution is 0.306. The van der Waals surface area contributed by atoms with Gasteiger partial charge in [-0.25, -0.2) is 13.1 Å². The molecule has 10 heteroatoms. The molecule has 0 unspecified atom stereocenters. The number of aryl methyl sites for hydroxylation is 1. The van der Waals surface area contributed by atoms with E-state index in [1.165, 1.54) is 0 Å². The number of nitrogens with one attached hydrogen (secondary N) is 1. The van der Waals surface area contributed by atoms with Crippen LogP contribution in [0.1, 0.15) is 11.1 Å². The summed E-state index contributed by atoms with van der Waals surface area (Å²) in [7, 11) is -2.01. The fourth-order valence-electron chi connectivity index (χ4n) is 3.08. The van der Waals surface area contributed by atoms with Gasteiger partial charge in [-0.3, -0.25) is 0 Å². The minimum absolute atomic E-state index is 0.0852. The van der Waals surface area contributed by atoms with Crippen LogP contribution in [0.25, 0.3) is 23.1 Å². The summed E-state index contributed by atoms with van der Waals surface area (Å²) >= 11 is 0. The zero-order chi connectivity index (χ0) is 23.3. The lowest BCUT2D eigenvalue weighted by atomic mass is 10.2. The van der Waals surface area contributed by atoms with Crippen molar-refractivity contribution in [3.05, 3.63) is 77.2 Å². The van der Waals surface area contributed by atoms with Crippen LogP contribution in [0.4, 0.5) is 0 Å². The molecule has 0 saturated carbocycles. The second-order valence-electron chi connectivity index (χ2n) is 7.17. The Kier molecular flexibility index (Phi) is 6.66. The van der Waals surface area contributed by atoms with Gasteiger partial charge in [0.25, 0.3) is 0 Å². The number of aromatic nitrogens is 4. The van der Waals surface area contributed by atoms with E-state index in [4.69, 9.17) is 9.47 Å². The third-order valence-electron chi connectivity index (χ3n) is 4.76. The number of para-hydroxylation sites is 1. The van der Waals surface area contributed by atoms with E-state index in [-0.39, 0.29) is 13.2 Å². The third kappa shape index (κ3) is 5.54. The fraction of sp³-hybridized carbons (Fsp3) is 0.174. The molecular weight excluding hydrogens is 442 g/mol. The molecule has 4 rings (SSSR count). The van der Waals surface area contributed by atoms with Crippen LogP contribution >= 0.6 is 0 Å². The molecule has 0 aliphatic carbocycles. The quantitative estimate of drug-likeness (QED) is 0.379. The van der Waals surface area contributed by atoms with Crippen molar-refractivity contribution in [3.63, 3.8) is 0 Å². The highest BCUT2D eigenvalue weighted by Crippen LogP contribution is 2.28. The van der Waals surface area contributed by atoms with E-state index >= 15 is 0 Å². The van der Waals surface area contributed by atoms with E-state index in [9.17, 15) is 8.42 Å². The Hall–Kier alpha value is -3.76. The Bertz CT molecular complexity index is 1380. The van der Waals surface area contributed by atoms with Crippen molar-refractivity contribution in [3.8, 4) is 23.0 Å². The van der Waals surface area contributed by atoms with Gasteiger partial charge in [0.05, 0.1) is 12.7 Å². The van der Waals surface area contributed by atoms with Crippen LogP contribution in [0.15, 0.2) is 66.1 Å². The molecule has 2 heterocycles. The lowest BCUT2D eigenvalue weighted by Crippen LogP contribution is -2.26. The second kappa shape index (κ2) is 9.80. The fourth-order valence-corrected chi connectivity index (χ4v) is 3.88. The average Bonchev–Trinajstić information content (AvgIpc) is 3.24. The second-order valence-corrected chi connectivity index (χ2v) is 8.82. The lowest BCUT2D eigenvalue weighted by Gasteiger charge is -2.08. The Morgan fingerprint density at radius 3 is 2.61 bits per heavy atom. The summed E-state index contributed by atoms with van der Waals surface area (Å²) in [6.07, 6.45) is 1.55. The van der Waals surface area contributed by atoms with Gasteiger partial charge in [0, 0.05) is 18.0 Å². The highest BCUT2D eigenvalue weighted by molar-refractivity contribution is 7.92. The van der Waals surface area contributed by atoms with Gasteiger partial charge in [0.1, 0.15) is 12.4 Å². The van der Waals surface area contributed by atoms with Crippen LogP contribution in [0.3, 0.4) is 0 Å². The van der Waals surface area contributed by atoms with Crippen molar-refractivity contribution < 1.29 is 17.9 Å². The van der Waals surface area contributed by atoms with Crippen molar-refractivity contribution in [1.82, 2.24) is 24.5 Å². The molecule has 0 fully saturated rings. The van der Waals surface area contributed by atoms with Crippen LogP contribution in [-0.2, 0) is 10.0 Å². The molecule has 0 radical (unpaired) electrons. The van der Waals surface area contributed by atoms with E-state index in [2.05, 4.69) is 20.0 Å². The number of hydrogen-bond acceptors (Lipinski definition) is 7. The van der Waals surface area contributed by atoms with E-state index in [0.29, 0.717) is 23.1 Å². The Morgan fingerprint density at radius 1 is 1.03 bits per heavy atom. The first kappa shape index (κ1) is 22.4. The van der Waals surface area contributed by atoms with Gasteiger partial charge in [0.15, 0.2) is 11.5 Å². The summed E-state index contributed by atoms with van der Waals surface area (Å²) in [4.78, 5) is 0. The number of hydrogen-bond donors (Lipinski definition) is 1. The molecule has 4 aromatic rings. The van der Waals surface area contributed by atoms with E-state index in [1.54, 1.807) is 29.8 Å². The summed E-state index contributed by atoms with van der Waals surface area (Å²) in [6, 6.07) is 18.4. The summed E-state index contributed by atoms with van der Waals surface area (Å²) in [5.74, 6) is 1.47. The number of methoxy groups -OCH3 is 1. The topological polar surface area (TPSA) is 108 Å². The molecule has 0 bridgehead atoms. The van der Waals surface area contributed by atoms with Crippen molar-refractivity contribution in [1.29, 1.82) is 0 Å². The predicted octanol–water partition coefficient (Wildman–Crippen LogP) is 3.08. The smallest absolute Gasteiger partial charge is 0.233 e. The van der Waals surface area contributed by atoms with E-state index < -0.39 is 10.0 Å². The zero-order valence-corrected chi connectivity index (χ0v) is 19.0. The molecule has 2 aromatic carbocycles. The summed E-state index contributed by atoms with van der Waals surface area (Å²) < 4.78 is 39.4. The number of nitrogens with zero attached hydrogens (tertiary/aromatic N) is 4. The summed E-state index contributed by atoms with van der Waals surface area (Å²) in [5, 5.41) is 13.9. The third-order valence-corrected chi connectivity index (χ3v) is 5.86. The Labute approximate surface area is 191 Å². The zero-order valence-electron chi connectivity index (χ0n) is 18.2. The number of rotatable bonds is 9. The Morgan fingerprint density at radius 2 is 1.82 bits per heavy atom. The van der Waals surface area contributed by atoms with Crippen molar-refractivity contribution in [2.75, 3.05) is 20.3 Å². The molecule has 9 nitrogen and oxygen atoms in total. The first-order valence-corrected chi connectivity index (χ1v) is 11.7. The first-order valence-electron chi connectivity index (χ1n) is 10.2. The highest BCUT2D eigenvalue weighted by atomic mass is 32.2. The summed E-state index contributed by atoms with van der Waals surface area (Å²) in [6.45, 7) is 2.16. The van der Waals surface area contributed by atoms with E-state index in [1.807, 2.05) is 55.5 Å². The molecule has 170 valence electrons. The maximum atomic E-state index is 12.2. The number of fused-ring (bicyclic) bond motifs is 1. The van der Waals surface area contributed by atoms with Crippen molar-refractivity contribution >= 4 is 21.7 Å². The first-order chi connectivity index (χ1) is 15.9. The number of sulfonamides is 1. The molecule has 2 aromatic heterocycles. The molecule has 0 saturated heterocycles. The molecule has 0 aliphatic heterocycles. The van der Waals surface area contributed by atoms with E-state index in [0.717, 1.165) is 22.1 Å².